The molecule has 0 heterocycles. The number of allylic oxidation sites excluding steroid dienone is 4. The van der Waals surface area contributed by atoms with E-state index in [0.717, 1.165) is 18.5 Å². The Morgan fingerprint density at radius 3 is 2.18 bits per heavy atom. The maximum atomic E-state index is 5.66. The lowest BCUT2D eigenvalue weighted by Crippen LogP contribution is -2.13. The predicted octanol–water partition coefficient (Wildman–Crippen LogP) is 2.60. The Bertz CT molecular complexity index is 203. The van der Waals surface area contributed by atoms with Crippen LogP contribution in [0.4, 0.5) is 0 Å². The van der Waals surface area contributed by atoms with Gasteiger partial charge < -0.3 is 5.73 Å². The summed E-state index contributed by atoms with van der Waals surface area (Å²) in [7, 11) is 0. The second kappa shape index (κ2) is 2.72. The van der Waals surface area contributed by atoms with Gasteiger partial charge in [0.25, 0.3) is 0 Å². The molecule has 0 aromatic carbocycles. The first-order valence-electron chi connectivity index (χ1n) is 4.16. The minimum Gasteiger partial charge on any atom is -0.402 e. The predicted molar refractivity (Wildman–Crippen MR) is 49.0 cm³/mol. The van der Waals surface area contributed by atoms with Gasteiger partial charge in [0.2, 0.25) is 0 Å². The highest BCUT2D eigenvalue weighted by Gasteiger charge is 2.17. The molecule has 0 aromatic heterocycles. The van der Waals surface area contributed by atoms with Gasteiger partial charge in [-0.15, -0.1) is 0 Å². The van der Waals surface area contributed by atoms with Crippen LogP contribution in [0.1, 0.15) is 33.6 Å². The van der Waals surface area contributed by atoms with Crippen molar-refractivity contribution >= 4 is 0 Å². The third-order valence-corrected chi connectivity index (χ3v) is 2.14. The van der Waals surface area contributed by atoms with E-state index in [1.165, 1.54) is 5.57 Å². The van der Waals surface area contributed by atoms with Crippen molar-refractivity contribution in [2.45, 2.75) is 33.6 Å². The Labute approximate surface area is 69.0 Å². The number of nitrogens with two attached hydrogens (primary N) is 1. The molecule has 0 atom stereocenters. The number of rotatable bonds is 0. The van der Waals surface area contributed by atoms with Gasteiger partial charge in [0.15, 0.2) is 0 Å². The van der Waals surface area contributed by atoms with Crippen LogP contribution in [0.25, 0.3) is 0 Å². The van der Waals surface area contributed by atoms with Crippen LogP contribution in [-0.4, -0.2) is 0 Å². The maximum Gasteiger partial charge on any atom is 0.00836 e. The molecule has 11 heavy (non-hydrogen) atoms. The lowest BCUT2D eigenvalue weighted by Gasteiger charge is -2.25. The molecule has 1 aliphatic carbocycles. The molecule has 2 N–H and O–H groups in total. The molecule has 1 nitrogen and oxygen atoms in total. The third-order valence-electron chi connectivity index (χ3n) is 2.14. The molecule has 1 rings (SSSR count). The van der Waals surface area contributed by atoms with Crippen molar-refractivity contribution in [3.8, 4) is 0 Å². The van der Waals surface area contributed by atoms with E-state index in [9.17, 15) is 0 Å². The highest BCUT2D eigenvalue weighted by molar-refractivity contribution is 5.25. The minimum atomic E-state index is 0.317. The highest BCUT2D eigenvalue weighted by Crippen LogP contribution is 2.31. The summed E-state index contributed by atoms with van der Waals surface area (Å²) in [5.74, 6) is 0. The van der Waals surface area contributed by atoms with Crippen LogP contribution in [0.2, 0.25) is 0 Å². The second-order valence-corrected chi connectivity index (χ2v) is 4.18. The first-order valence-corrected chi connectivity index (χ1v) is 4.16. The molecule has 62 valence electrons. The van der Waals surface area contributed by atoms with E-state index in [-0.39, 0.29) is 0 Å². The Kier molecular flexibility index (Phi) is 2.08. The van der Waals surface area contributed by atoms with Crippen LogP contribution in [0, 0.1) is 5.41 Å². The summed E-state index contributed by atoms with van der Waals surface area (Å²) in [5, 5.41) is 0. The Morgan fingerprint density at radius 1 is 1.18 bits per heavy atom. The smallest absolute Gasteiger partial charge is 0.00836 e. The van der Waals surface area contributed by atoms with E-state index >= 15 is 0 Å². The van der Waals surface area contributed by atoms with E-state index in [0.29, 0.717) is 5.41 Å². The topological polar surface area (TPSA) is 26.0 Å². The molecule has 0 saturated carbocycles. The third kappa shape index (κ3) is 2.11. The second-order valence-electron chi connectivity index (χ2n) is 4.18. The lowest BCUT2D eigenvalue weighted by atomic mass is 9.81. The fourth-order valence-corrected chi connectivity index (χ4v) is 1.28. The molecular formula is C10H17N. The van der Waals surface area contributed by atoms with Gasteiger partial charge in [-0.3, -0.25) is 0 Å². The highest BCUT2D eigenvalue weighted by atomic mass is 14.6. The monoisotopic (exact) mass is 151 g/mol. The van der Waals surface area contributed by atoms with E-state index in [1.807, 2.05) is 6.08 Å². The normalized spacial score (nSPS) is 19.2. The summed E-state index contributed by atoms with van der Waals surface area (Å²) in [5.41, 5.74) is 8.49. The number of hydrogen-bond acceptors (Lipinski definition) is 1. The van der Waals surface area contributed by atoms with Gasteiger partial charge in [0.1, 0.15) is 0 Å². The van der Waals surface area contributed by atoms with Gasteiger partial charge in [-0.2, -0.15) is 0 Å². The zero-order valence-electron chi connectivity index (χ0n) is 7.65. The van der Waals surface area contributed by atoms with Crippen LogP contribution in [0.15, 0.2) is 23.4 Å². The summed E-state index contributed by atoms with van der Waals surface area (Å²) in [6, 6.07) is 0. The van der Waals surface area contributed by atoms with Crippen LogP contribution < -0.4 is 5.73 Å². The zero-order valence-corrected chi connectivity index (χ0v) is 7.65. The standard InChI is InChI=1S/C10H17N/c1-10(2,3)8-4-6-9(11)7-5-8/h4,6H,5,7,11H2,1-3H3. The van der Waals surface area contributed by atoms with E-state index in [4.69, 9.17) is 5.73 Å². The minimum absolute atomic E-state index is 0.317. The summed E-state index contributed by atoms with van der Waals surface area (Å²) in [4.78, 5) is 0. The molecule has 0 aromatic rings. The summed E-state index contributed by atoms with van der Waals surface area (Å²) in [6.07, 6.45) is 6.36. The fraction of sp³-hybridized carbons (Fsp3) is 0.600. The SMILES string of the molecule is CC(C)(C)C1=CC=C(N)CC1. The van der Waals surface area contributed by atoms with Crippen molar-refractivity contribution in [2.24, 2.45) is 11.1 Å². The Balaban J connectivity index is 2.77. The van der Waals surface area contributed by atoms with Crippen molar-refractivity contribution in [1.29, 1.82) is 0 Å². The quantitative estimate of drug-likeness (QED) is 0.566. The van der Waals surface area contributed by atoms with Crippen LogP contribution in [0.5, 0.6) is 0 Å². The van der Waals surface area contributed by atoms with Crippen molar-refractivity contribution in [2.75, 3.05) is 0 Å². The molecule has 0 aliphatic heterocycles. The zero-order chi connectivity index (χ0) is 8.48. The first kappa shape index (κ1) is 8.38. The van der Waals surface area contributed by atoms with Crippen molar-refractivity contribution in [1.82, 2.24) is 0 Å². The van der Waals surface area contributed by atoms with Crippen molar-refractivity contribution in [3.05, 3.63) is 23.4 Å². The fourth-order valence-electron chi connectivity index (χ4n) is 1.28. The number of hydrogen-bond donors (Lipinski definition) is 1. The van der Waals surface area contributed by atoms with Gasteiger partial charge in [0.05, 0.1) is 0 Å². The van der Waals surface area contributed by atoms with Gasteiger partial charge in [-0.25, -0.2) is 0 Å². The summed E-state index contributed by atoms with van der Waals surface area (Å²) < 4.78 is 0. The van der Waals surface area contributed by atoms with Gasteiger partial charge >= 0.3 is 0 Å². The van der Waals surface area contributed by atoms with E-state index < -0.39 is 0 Å². The van der Waals surface area contributed by atoms with Gasteiger partial charge in [0, 0.05) is 5.70 Å². The molecule has 0 unspecified atom stereocenters. The van der Waals surface area contributed by atoms with Gasteiger partial charge in [-0.1, -0.05) is 32.4 Å². The van der Waals surface area contributed by atoms with Gasteiger partial charge in [-0.05, 0) is 24.3 Å². The Morgan fingerprint density at radius 2 is 1.82 bits per heavy atom. The van der Waals surface area contributed by atoms with Crippen molar-refractivity contribution in [3.63, 3.8) is 0 Å². The molecule has 0 saturated heterocycles. The molecule has 1 aliphatic rings. The largest absolute Gasteiger partial charge is 0.402 e. The van der Waals surface area contributed by atoms with Crippen LogP contribution in [-0.2, 0) is 0 Å². The molecule has 1 heteroatoms. The average Bonchev–Trinajstić information content (AvgIpc) is 1.86. The summed E-state index contributed by atoms with van der Waals surface area (Å²) in [6.45, 7) is 6.73. The molecule has 0 fully saturated rings. The summed E-state index contributed by atoms with van der Waals surface area (Å²) >= 11 is 0. The average molecular weight is 151 g/mol. The van der Waals surface area contributed by atoms with E-state index in [1.54, 1.807) is 0 Å². The molecule has 0 spiro atoms. The molecule has 0 amide bonds. The van der Waals surface area contributed by atoms with Crippen LogP contribution >= 0.6 is 0 Å². The van der Waals surface area contributed by atoms with Crippen molar-refractivity contribution < 1.29 is 0 Å². The Hall–Kier alpha value is -0.720. The maximum absolute atomic E-state index is 5.66. The lowest BCUT2D eigenvalue weighted by molar-refractivity contribution is 0.479. The molecule has 0 bridgehead atoms. The molecule has 0 radical (unpaired) electrons. The first-order chi connectivity index (χ1) is 5.00. The molecular weight excluding hydrogens is 134 g/mol. The van der Waals surface area contributed by atoms with E-state index in [2.05, 4.69) is 26.8 Å². The van der Waals surface area contributed by atoms with Crippen LogP contribution in [0.3, 0.4) is 0 Å².